The van der Waals surface area contributed by atoms with Gasteiger partial charge in [-0.1, -0.05) is 24.3 Å². The van der Waals surface area contributed by atoms with Gasteiger partial charge in [-0.3, -0.25) is 9.59 Å². The summed E-state index contributed by atoms with van der Waals surface area (Å²) in [7, 11) is 1.67. The van der Waals surface area contributed by atoms with Crippen LogP contribution >= 0.6 is 0 Å². The van der Waals surface area contributed by atoms with Crippen molar-refractivity contribution in [2.24, 2.45) is 0 Å². The van der Waals surface area contributed by atoms with Gasteiger partial charge in [0.1, 0.15) is 11.6 Å². The van der Waals surface area contributed by atoms with Crippen LogP contribution in [0.25, 0.3) is 0 Å². The fourth-order valence-electron chi connectivity index (χ4n) is 4.67. The van der Waals surface area contributed by atoms with Crippen molar-refractivity contribution in [1.82, 2.24) is 4.90 Å². The number of halogens is 1. The zero-order valence-corrected chi connectivity index (χ0v) is 21.5. The molecule has 0 radical (unpaired) electrons. The second-order valence-corrected chi connectivity index (χ2v) is 8.79. The number of anilines is 3. The molecular formula is C29H33FN4O3. The number of carbonyl (C=O) groups is 2. The van der Waals surface area contributed by atoms with E-state index in [4.69, 9.17) is 4.74 Å². The normalized spacial score (nSPS) is 13.3. The first-order chi connectivity index (χ1) is 18.0. The summed E-state index contributed by atoms with van der Waals surface area (Å²) in [6.45, 7) is 8.00. The number of benzene rings is 3. The van der Waals surface area contributed by atoms with Crippen LogP contribution in [0, 0.1) is 5.82 Å². The second kappa shape index (κ2) is 11.8. The highest BCUT2D eigenvalue weighted by Gasteiger charge is 2.25. The van der Waals surface area contributed by atoms with Gasteiger partial charge in [-0.15, -0.1) is 0 Å². The Labute approximate surface area is 217 Å². The number of piperazine rings is 1. The molecule has 7 nitrogen and oxygen atoms in total. The van der Waals surface area contributed by atoms with E-state index in [2.05, 4.69) is 21.2 Å². The fraction of sp³-hybridized carbons (Fsp3) is 0.310. The minimum atomic E-state index is -0.594. The summed E-state index contributed by atoms with van der Waals surface area (Å²) in [6, 6.07) is 19.1. The number of hydrogen-bond acceptors (Lipinski definition) is 5. The Kier molecular flexibility index (Phi) is 8.28. The first kappa shape index (κ1) is 26.0. The Hall–Kier alpha value is -4.07. The van der Waals surface area contributed by atoms with E-state index in [9.17, 15) is 14.0 Å². The Bertz CT molecular complexity index is 1250. The molecule has 1 N–H and O–H groups in total. The molecule has 3 aromatic carbocycles. The smallest absolute Gasteiger partial charge is 0.258 e. The van der Waals surface area contributed by atoms with E-state index in [0.29, 0.717) is 24.3 Å². The van der Waals surface area contributed by atoms with E-state index in [0.717, 1.165) is 43.3 Å². The zero-order chi connectivity index (χ0) is 26.4. The van der Waals surface area contributed by atoms with E-state index in [1.54, 1.807) is 30.2 Å². The summed E-state index contributed by atoms with van der Waals surface area (Å²) in [6.07, 6.45) is 0. The van der Waals surface area contributed by atoms with Crippen molar-refractivity contribution in [3.05, 3.63) is 83.7 Å². The van der Waals surface area contributed by atoms with E-state index in [1.165, 1.54) is 18.2 Å². The molecule has 0 spiro atoms. The van der Waals surface area contributed by atoms with Crippen LogP contribution in [0.1, 0.15) is 34.6 Å². The third-order valence-electron chi connectivity index (χ3n) is 6.70. The number of methoxy groups -OCH3 is 1. The maximum Gasteiger partial charge on any atom is 0.258 e. The van der Waals surface area contributed by atoms with Crippen molar-refractivity contribution in [2.75, 3.05) is 61.5 Å². The first-order valence-electron chi connectivity index (χ1n) is 12.6. The summed E-state index contributed by atoms with van der Waals surface area (Å²) >= 11 is 0. The van der Waals surface area contributed by atoms with E-state index < -0.39 is 11.7 Å². The summed E-state index contributed by atoms with van der Waals surface area (Å²) in [5.74, 6) is -0.418. The van der Waals surface area contributed by atoms with Gasteiger partial charge in [0.05, 0.1) is 23.9 Å². The number of para-hydroxylation sites is 2. The molecule has 4 rings (SSSR count). The van der Waals surface area contributed by atoms with Crippen molar-refractivity contribution in [3.8, 4) is 5.75 Å². The van der Waals surface area contributed by atoms with Crippen LogP contribution in [0.3, 0.4) is 0 Å². The second-order valence-electron chi connectivity index (χ2n) is 8.79. The van der Waals surface area contributed by atoms with Crippen LogP contribution in [0.2, 0.25) is 0 Å². The van der Waals surface area contributed by atoms with Crippen molar-refractivity contribution in [3.63, 3.8) is 0 Å². The average Bonchev–Trinajstić information content (AvgIpc) is 2.94. The third kappa shape index (κ3) is 5.69. The molecular weight excluding hydrogens is 471 g/mol. The Morgan fingerprint density at radius 1 is 0.865 bits per heavy atom. The highest BCUT2D eigenvalue weighted by molar-refractivity contribution is 6.06. The monoisotopic (exact) mass is 504 g/mol. The number of nitrogens with zero attached hydrogens (tertiary/aromatic N) is 3. The lowest BCUT2D eigenvalue weighted by Crippen LogP contribution is -2.47. The number of hydrogen-bond donors (Lipinski definition) is 1. The van der Waals surface area contributed by atoms with Crippen LogP contribution in [0.5, 0.6) is 5.75 Å². The molecule has 37 heavy (non-hydrogen) atoms. The van der Waals surface area contributed by atoms with Gasteiger partial charge in [0.25, 0.3) is 11.8 Å². The van der Waals surface area contributed by atoms with Gasteiger partial charge in [0.15, 0.2) is 0 Å². The van der Waals surface area contributed by atoms with Gasteiger partial charge in [0, 0.05) is 50.6 Å². The Morgan fingerprint density at radius 3 is 2.14 bits per heavy atom. The summed E-state index contributed by atoms with van der Waals surface area (Å²) in [4.78, 5) is 32.4. The fourth-order valence-corrected chi connectivity index (χ4v) is 4.67. The summed E-state index contributed by atoms with van der Waals surface area (Å²) < 4.78 is 19.6. The maximum atomic E-state index is 14.1. The van der Waals surface area contributed by atoms with E-state index in [-0.39, 0.29) is 11.5 Å². The number of carbonyl (C=O) groups excluding carboxylic acids is 2. The van der Waals surface area contributed by atoms with Crippen LogP contribution in [-0.2, 0) is 0 Å². The highest BCUT2D eigenvalue weighted by Crippen LogP contribution is 2.31. The Balaban J connectivity index is 1.59. The molecule has 3 aromatic rings. The van der Waals surface area contributed by atoms with Crippen molar-refractivity contribution in [2.45, 2.75) is 13.8 Å². The zero-order valence-electron chi connectivity index (χ0n) is 21.5. The van der Waals surface area contributed by atoms with Crippen molar-refractivity contribution >= 4 is 28.9 Å². The van der Waals surface area contributed by atoms with E-state index >= 15 is 0 Å². The number of ether oxygens (including phenoxy) is 1. The molecule has 0 saturated carbocycles. The van der Waals surface area contributed by atoms with Gasteiger partial charge in [-0.05, 0) is 56.3 Å². The maximum absolute atomic E-state index is 14.1. The molecule has 0 unspecified atom stereocenters. The van der Waals surface area contributed by atoms with Crippen molar-refractivity contribution < 1.29 is 18.7 Å². The molecule has 0 bridgehead atoms. The predicted octanol–water partition coefficient (Wildman–Crippen LogP) is 4.90. The van der Waals surface area contributed by atoms with Crippen LogP contribution in [-0.4, -0.2) is 63.1 Å². The van der Waals surface area contributed by atoms with Crippen LogP contribution in [0.4, 0.5) is 21.5 Å². The number of rotatable bonds is 8. The predicted molar refractivity (Wildman–Crippen MR) is 145 cm³/mol. The minimum absolute atomic E-state index is 0.0457. The van der Waals surface area contributed by atoms with Gasteiger partial charge in [-0.25, -0.2) is 4.39 Å². The average molecular weight is 505 g/mol. The van der Waals surface area contributed by atoms with Gasteiger partial charge < -0.3 is 24.8 Å². The van der Waals surface area contributed by atoms with Gasteiger partial charge >= 0.3 is 0 Å². The largest absolute Gasteiger partial charge is 0.495 e. The molecule has 1 aliphatic rings. The lowest BCUT2D eigenvalue weighted by atomic mass is 10.1. The van der Waals surface area contributed by atoms with Gasteiger partial charge in [-0.2, -0.15) is 0 Å². The standard InChI is InChI=1S/C29H33FN4O3/c1-4-32(5-2)29(36)23-20-21(31-28(35)22-10-6-7-11-24(22)30)14-15-25(23)33-16-18-34(19-17-33)26-12-8-9-13-27(26)37-3/h6-15,20H,4-5,16-19H2,1-3H3,(H,31,35). The van der Waals surface area contributed by atoms with Crippen LogP contribution in [0.15, 0.2) is 66.7 Å². The quantitative estimate of drug-likeness (QED) is 0.473. The summed E-state index contributed by atoms with van der Waals surface area (Å²) in [5, 5.41) is 2.75. The Morgan fingerprint density at radius 2 is 1.49 bits per heavy atom. The molecule has 1 aliphatic heterocycles. The number of amides is 2. The molecule has 0 aliphatic carbocycles. The topological polar surface area (TPSA) is 65.1 Å². The van der Waals surface area contributed by atoms with Crippen LogP contribution < -0.4 is 19.9 Å². The third-order valence-corrected chi connectivity index (χ3v) is 6.70. The lowest BCUT2D eigenvalue weighted by Gasteiger charge is -2.38. The molecule has 0 atom stereocenters. The lowest BCUT2D eigenvalue weighted by molar-refractivity contribution is 0.0773. The molecule has 1 saturated heterocycles. The molecule has 0 aromatic heterocycles. The van der Waals surface area contributed by atoms with Crippen molar-refractivity contribution in [1.29, 1.82) is 0 Å². The first-order valence-corrected chi connectivity index (χ1v) is 12.6. The summed E-state index contributed by atoms with van der Waals surface area (Å²) in [5.41, 5.74) is 2.78. The molecule has 2 amide bonds. The molecule has 1 fully saturated rings. The highest BCUT2D eigenvalue weighted by atomic mass is 19.1. The molecule has 1 heterocycles. The minimum Gasteiger partial charge on any atom is -0.495 e. The van der Waals surface area contributed by atoms with Gasteiger partial charge in [0.2, 0.25) is 0 Å². The number of nitrogens with one attached hydrogen (secondary N) is 1. The molecule has 194 valence electrons. The molecule has 8 heteroatoms. The SMILES string of the molecule is CCN(CC)C(=O)c1cc(NC(=O)c2ccccc2F)ccc1N1CCN(c2ccccc2OC)CC1. The van der Waals surface area contributed by atoms with E-state index in [1.807, 2.05) is 38.1 Å².